The van der Waals surface area contributed by atoms with Crippen molar-refractivity contribution in [3.8, 4) is 0 Å². The van der Waals surface area contributed by atoms with Gasteiger partial charge >= 0.3 is 0 Å². The number of rotatable bonds is 3. The highest BCUT2D eigenvalue weighted by Gasteiger charge is 2.23. The van der Waals surface area contributed by atoms with E-state index in [1.807, 2.05) is 0 Å². The summed E-state index contributed by atoms with van der Waals surface area (Å²) in [7, 11) is 2.14. The maximum absolute atomic E-state index is 5.43. The topological polar surface area (TPSA) is 15.3 Å². The Morgan fingerprint density at radius 2 is 2.12 bits per heavy atom. The molecule has 2 atom stereocenters. The SMILES string of the molecule is CC(C)CNC(=S)N(C)C1CCCC(C)C1. The summed E-state index contributed by atoms with van der Waals surface area (Å²) in [6, 6.07) is 0.649. The van der Waals surface area contributed by atoms with Gasteiger partial charge in [0, 0.05) is 19.6 Å². The minimum Gasteiger partial charge on any atom is -0.362 e. The molecule has 0 heterocycles. The van der Waals surface area contributed by atoms with Crippen molar-refractivity contribution >= 4 is 17.3 Å². The molecule has 1 aliphatic rings. The van der Waals surface area contributed by atoms with Gasteiger partial charge in [-0.1, -0.05) is 33.6 Å². The van der Waals surface area contributed by atoms with E-state index >= 15 is 0 Å². The van der Waals surface area contributed by atoms with Crippen molar-refractivity contribution in [2.75, 3.05) is 13.6 Å². The molecule has 1 fully saturated rings. The predicted octanol–water partition coefficient (Wildman–Crippen LogP) is 3.03. The third-order valence-corrected chi connectivity index (χ3v) is 3.87. The molecule has 16 heavy (non-hydrogen) atoms. The van der Waals surface area contributed by atoms with Crippen LogP contribution in [-0.4, -0.2) is 29.6 Å². The third-order valence-electron chi connectivity index (χ3n) is 3.44. The first-order valence-corrected chi connectivity index (χ1v) is 6.92. The molecule has 0 aromatic carbocycles. The monoisotopic (exact) mass is 242 g/mol. The standard InChI is InChI=1S/C13H26N2S/c1-10(2)9-14-13(16)15(4)12-7-5-6-11(3)8-12/h10-12H,5-9H2,1-4H3,(H,14,16). The molecule has 3 heteroatoms. The highest BCUT2D eigenvalue weighted by molar-refractivity contribution is 7.80. The highest BCUT2D eigenvalue weighted by Crippen LogP contribution is 2.26. The molecular weight excluding hydrogens is 216 g/mol. The summed E-state index contributed by atoms with van der Waals surface area (Å²) in [4.78, 5) is 2.27. The second-order valence-corrected chi connectivity index (χ2v) is 6.00. The molecule has 1 saturated carbocycles. The van der Waals surface area contributed by atoms with E-state index < -0.39 is 0 Å². The second-order valence-electron chi connectivity index (χ2n) is 5.62. The minimum atomic E-state index is 0.649. The van der Waals surface area contributed by atoms with E-state index in [1.165, 1.54) is 25.7 Å². The molecule has 0 aromatic rings. The first-order chi connectivity index (χ1) is 7.50. The molecule has 0 aromatic heterocycles. The fourth-order valence-electron chi connectivity index (χ4n) is 2.34. The first kappa shape index (κ1) is 13.8. The van der Waals surface area contributed by atoms with Crippen LogP contribution in [0.3, 0.4) is 0 Å². The molecule has 0 spiro atoms. The van der Waals surface area contributed by atoms with Gasteiger partial charge in [-0.15, -0.1) is 0 Å². The lowest BCUT2D eigenvalue weighted by Crippen LogP contribution is -2.45. The van der Waals surface area contributed by atoms with Crippen molar-refractivity contribution in [3.05, 3.63) is 0 Å². The molecular formula is C13H26N2S. The van der Waals surface area contributed by atoms with Gasteiger partial charge in [0.15, 0.2) is 5.11 Å². The van der Waals surface area contributed by atoms with Crippen LogP contribution >= 0.6 is 12.2 Å². The van der Waals surface area contributed by atoms with E-state index in [4.69, 9.17) is 12.2 Å². The third kappa shape index (κ3) is 4.28. The summed E-state index contributed by atoms with van der Waals surface area (Å²) in [6.07, 6.45) is 5.32. The minimum absolute atomic E-state index is 0.649. The summed E-state index contributed by atoms with van der Waals surface area (Å²) in [6.45, 7) is 7.74. The van der Waals surface area contributed by atoms with Crippen molar-refractivity contribution < 1.29 is 0 Å². The fourth-order valence-corrected chi connectivity index (χ4v) is 2.57. The molecule has 1 N–H and O–H groups in total. The quantitative estimate of drug-likeness (QED) is 0.766. The van der Waals surface area contributed by atoms with E-state index in [-0.39, 0.29) is 0 Å². The Labute approximate surface area is 106 Å². The normalized spacial score (nSPS) is 25.6. The van der Waals surface area contributed by atoms with E-state index in [1.54, 1.807) is 0 Å². The van der Waals surface area contributed by atoms with Gasteiger partial charge in [-0.25, -0.2) is 0 Å². The van der Waals surface area contributed by atoms with Crippen LogP contribution in [0.5, 0.6) is 0 Å². The van der Waals surface area contributed by atoms with Gasteiger partial charge in [-0.2, -0.15) is 0 Å². The van der Waals surface area contributed by atoms with Gasteiger partial charge in [0.25, 0.3) is 0 Å². The molecule has 0 aliphatic heterocycles. The van der Waals surface area contributed by atoms with E-state index in [2.05, 4.69) is 38.0 Å². The summed E-state index contributed by atoms with van der Waals surface area (Å²) >= 11 is 5.43. The van der Waals surface area contributed by atoms with Gasteiger partial charge in [0.2, 0.25) is 0 Å². The lowest BCUT2D eigenvalue weighted by Gasteiger charge is -2.35. The summed E-state index contributed by atoms with van der Waals surface area (Å²) in [5.74, 6) is 1.51. The number of nitrogens with zero attached hydrogens (tertiary/aromatic N) is 1. The Kier molecular flexibility index (Phi) is 5.53. The average Bonchev–Trinajstić information content (AvgIpc) is 2.24. The largest absolute Gasteiger partial charge is 0.362 e. The van der Waals surface area contributed by atoms with Crippen molar-refractivity contribution in [2.24, 2.45) is 11.8 Å². The molecule has 2 unspecified atom stereocenters. The first-order valence-electron chi connectivity index (χ1n) is 6.51. The van der Waals surface area contributed by atoms with E-state index in [0.29, 0.717) is 12.0 Å². The molecule has 0 amide bonds. The van der Waals surface area contributed by atoms with Gasteiger partial charge in [0.05, 0.1) is 0 Å². The smallest absolute Gasteiger partial charge is 0.168 e. The van der Waals surface area contributed by atoms with Crippen LogP contribution in [0.15, 0.2) is 0 Å². The molecule has 0 radical (unpaired) electrons. The molecule has 1 rings (SSSR count). The zero-order valence-electron chi connectivity index (χ0n) is 11.1. The number of hydrogen-bond donors (Lipinski definition) is 1. The Bertz CT molecular complexity index is 228. The van der Waals surface area contributed by atoms with Gasteiger partial charge in [-0.3, -0.25) is 0 Å². The second kappa shape index (κ2) is 6.43. The van der Waals surface area contributed by atoms with Crippen LogP contribution in [0.4, 0.5) is 0 Å². The summed E-state index contributed by atoms with van der Waals surface area (Å²) in [5, 5.41) is 4.28. The van der Waals surface area contributed by atoms with Gasteiger partial charge < -0.3 is 10.2 Å². The van der Waals surface area contributed by atoms with Crippen LogP contribution < -0.4 is 5.32 Å². The van der Waals surface area contributed by atoms with Crippen molar-refractivity contribution in [3.63, 3.8) is 0 Å². The predicted molar refractivity (Wildman–Crippen MR) is 74.6 cm³/mol. The molecule has 2 nitrogen and oxygen atoms in total. The zero-order valence-corrected chi connectivity index (χ0v) is 11.9. The maximum atomic E-state index is 5.43. The lowest BCUT2D eigenvalue weighted by atomic mass is 9.86. The van der Waals surface area contributed by atoms with Crippen LogP contribution in [0, 0.1) is 11.8 Å². The van der Waals surface area contributed by atoms with Crippen LogP contribution in [0.1, 0.15) is 46.5 Å². The Morgan fingerprint density at radius 3 is 2.69 bits per heavy atom. The Hall–Kier alpha value is -0.310. The summed E-state index contributed by atoms with van der Waals surface area (Å²) < 4.78 is 0. The van der Waals surface area contributed by atoms with E-state index in [0.717, 1.165) is 17.6 Å². The lowest BCUT2D eigenvalue weighted by molar-refractivity contribution is 0.230. The zero-order chi connectivity index (χ0) is 12.1. The fraction of sp³-hybridized carbons (Fsp3) is 0.923. The molecule has 94 valence electrons. The molecule has 0 saturated heterocycles. The molecule has 0 bridgehead atoms. The summed E-state index contributed by atoms with van der Waals surface area (Å²) in [5.41, 5.74) is 0. The van der Waals surface area contributed by atoms with Crippen LogP contribution in [0.2, 0.25) is 0 Å². The maximum Gasteiger partial charge on any atom is 0.168 e. The van der Waals surface area contributed by atoms with Crippen LogP contribution in [0.25, 0.3) is 0 Å². The van der Waals surface area contributed by atoms with Crippen LogP contribution in [-0.2, 0) is 0 Å². The number of nitrogens with one attached hydrogen (secondary N) is 1. The molecule has 1 aliphatic carbocycles. The number of hydrogen-bond acceptors (Lipinski definition) is 1. The number of thiocarbonyl (C=S) groups is 1. The average molecular weight is 242 g/mol. The Morgan fingerprint density at radius 1 is 1.44 bits per heavy atom. The highest BCUT2D eigenvalue weighted by atomic mass is 32.1. The van der Waals surface area contributed by atoms with Crippen molar-refractivity contribution in [1.29, 1.82) is 0 Å². The van der Waals surface area contributed by atoms with Crippen molar-refractivity contribution in [1.82, 2.24) is 10.2 Å². The van der Waals surface area contributed by atoms with E-state index in [9.17, 15) is 0 Å². The van der Waals surface area contributed by atoms with Crippen molar-refractivity contribution in [2.45, 2.75) is 52.5 Å². The van der Waals surface area contributed by atoms with Gasteiger partial charge in [-0.05, 0) is 36.9 Å². The van der Waals surface area contributed by atoms with Gasteiger partial charge in [0.1, 0.15) is 0 Å². The Balaban J connectivity index is 2.37.